The summed E-state index contributed by atoms with van der Waals surface area (Å²) in [5.41, 5.74) is 17.6. The first kappa shape index (κ1) is 78.5. The molecule has 4 saturated heterocycles. The lowest BCUT2D eigenvalue weighted by Gasteiger charge is -2.26. The van der Waals surface area contributed by atoms with Crippen LogP contribution in [-0.2, 0) is 58.8 Å². The van der Waals surface area contributed by atoms with Crippen molar-refractivity contribution in [1.82, 2.24) is 57.8 Å². The molecule has 0 atom stereocenters. The van der Waals surface area contributed by atoms with E-state index in [0.29, 0.717) is 19.8 Å². The fourth-order valence-corrected chi connectivity index (χ4v) is 16.4. The van der Waals surface area contributed by atoms with Gasteiger partial charge in [0.2, 0.25) is 0 Å². The second-order valence-electron chi connectivity index (χ2n) is 30.6. The van der Waals surface area contributed by atoms with Gasteiger partial charge in [-0.2, -0.15) is 0 Å². The Morgan fingerprint density at radius 3 is 1.02 bits per heavy atom. The molecule has 0 radical (unpaired) electrons. The zero-order valence-corrected chi connectivity index (χ0v) is 66.6. The van der Waals surface area contributed by atoms with Crippen LogP contribution in [-0.4, -0.2) is 137 Å². The summed E-state index contributed by atoms with van der Waals surface area (Å²) in [5, 5.41) is 0. The molecular weight excluding hydrogens is 1360 g/mol. The number of nitrogens with zero attached hydrogens (tertiary/aromatic N) is 12. The van der Waals surface area contributed by atoms with Gasteiger partial charge in [-0.15, -0.1) is 6.58 Å². The third-order valence-electron chi connectivity index (χ3n) is 22.0. The van der Waals surface area contributed by atoms with Gasteiger partial charge in [0.15, 0.2) is 0 Å². The van der Waals surface area contributed by atoms with Crippen molar-refractivity contribution in [2.45, 2.75) is 184 Å². The van der Waals surface area contributed by atoms with Crippen LogP contribution >= 0.6 is 0 Å². The van der Waals surface area contributed by atoms with E-state index in [4.69, 9.17) is 38.9 Å². The van der Waals surface area contributed by atoms with Crippen molar-refractivity contribution in [3.63, 3.8) is 0 Å². The van der Waals surface area contributed by atoms with Crippen LogP contribution in [0.3, 0.4) is 0 Å². The van der Waals surface area contributed by atoms with E-state index in [1.165, 1.54) is 196 Å². The van der Waals surface area contributed by atoms with Crippen molar-refractivity contribution >= 4 is 44.1 Å². The van der Waals surface area contributed by atoms with E-state index in [-0.39, 0.29) is 0 Å². The van der Waals surface area contributed by atoms with Gasteiger partial charge in [0.25, 0.3) is 0 Å². The van der Waals surface area contributed by atoms with Gasteiger partial charge in [-0.25, -0.2) is 19.9 Å². The fourth-order valence-electron chi connectivity index (χ4n) is 16.4. The predicted octanol–water partition coefficient (Wildman–Crippen LogP) is 19.4. The van der Waals surface area contributed by atoms with Gasteiger partial charge in [0, 0.05) is 6.54 Å². The molecule has 0 bridgehead atoms. The van der Waals surface area contributed by atoms with Crippen molar-refractivity contribution in [2.75, 3.05) is 78.8 Å². The molecule has 12 aromatic rings. The first-order valence-electron chi connectivity index (χ1n) is 41.0. The van der Waals surface area contributed by atoms with E-state index in [0.717, 1.165) is 134 Å². The maximum Gasteiger partial charge on any atom is 0.125 e. The predicted molar refractivity (Wildman–Crippen MR) is 450 cm³/mol. The number of hydrogen-bond donors (Lipinski definition) is 0. The van der Waals surface area contributed by atoms with Crippen LogP contribution in [0.1, 0.15) is 146 Å². The minimum atomic E-state index is 0.626. The highest BCUT2D eigenvalue weighted by atomic mass is 16.5. The van der Waals surface area contributed by atoms with Crippen LogP contribution in [0.2, 0.25) is 0 Å². The van der Waals surface area contributed by atoms with Gasteiger partial charge >= 0.3 is 0 Å². The number of allylic oxidation sites excluding steroid dienone is 1. The lowest BCUT2D eigenvalue weighted by molar-refractivity contribution is 0.211. The van der Waals surface area contributed by atoms with E-state index in [2.05, 4.69) is 244 Å². The molecule has 0 N–H and O–H groups in total. The first-order valence-corrected chi connectivity index (χ1v) is 41.0. The van der Waals surface area contributed by atoms with E-state index in [9.17, 15) is 0 Å². The standard InChI is InChI=1S/C24H31N3O.C24H29N3O.2C23H29N3O/c1-19-10-8-11-20(2)24(19)28-17-9-16-27-22-13-5-4-12-21(22)25-23(27)18-26-14-6-3-7-15-26;1-2-10-20-11-4-7-14-23(20)28-18-17-27-22-13-6-5-12-21(22)25-24(27)19-26-15-8-3-9-16-26;1-18-9-8-10-19(2)23(18)27-16-15-26-21-12-5-4-11-20(21)24-22(26)17-25-13-6-3-7-14-25;1-18-14-19(2)16-20(15-18)27-13-12-26-22-9-5-4-8-21(22)24-23(26)17-25-10-6-3-7-11-25/h4-5,8,10-13H,3,6-7,9,14-18H2,1-2H3;2,4-7,11-14H,1,3,8-10,15-19H2;4-5,8-12H,3,6-7,13-17H2,1-2H3;4-5,8-9,14-16H,3,6-7,10-13,17H2,1-2H3. The third kappa shape index (κ3) is 21.3. The number of benzene rings is 8. The number of para-hydroxylation sites is 11. The Labute approximate surface area is 653 Å². The minimum Gasteiger partial charge on any atom is -0.493 e. The molecule has 8 heterocycles. The zero-order chi connectivity index (χ0) is 75.8. The zero-order valence-electron chi connectivity index (χ0n) is 66.6. The molecule has 16 rings (SSSR count). The molecule has 110 heavy (non-hydrogen) atoms. The number of rotatable bonds is 27. The average Bonchev–Trinajstić information content (AvgIpc) is 1.68. The van der Waals surface area contributed by atoms with Crippen LogP contribution in [0.15, 0.2) is 189 Å². The fraction of sp³-hybridized carbons (Fsp3) is 0.426. The lowest BCUT2D eigenvalue weighted by atomic mass is 10.1. The minimum absolute atomic E-state index is 0.626. The molecule has 8 aromatic carbocycles. The van der Waals surface area contributed by atoms with Crippen molar-refractivity contribution in [3.05, 3.63) is 251 Å². The Morgan fingerprint density at radius 1 is 0.327 bits per heavy atom. The van der Waals surface area contributed by atoms with E-state index >= 15 is 0 Å². The average molecular weight is 1480 g/mol. The van der Waals surface area contributed by atoms with Gasteiger partial charge in [0.1, 0.15) is 66.1 Å². The number of fused-ring (bicyclic) bond motifs is 4. The van der Waals surface area contributed by atoms with Crippen molar-refractivity contribution < 1.29 is 18.9 Å². The van der Waals surface area contributed by atoms with Crippen molar-refractivity contribution in [2.24, 2.45) is 0 Å². The molecule has 0 aliphatic carbocycles. The largest absolute Gasteiger partial charge is 0.493 e. The molecule has 0 unspecified atom stereocenters. The topological polar surface area (TPSA) is 121 Å². The number of aryl methyl sites for hydroxylation is 7. The first-order chi connectivity index (χ1) is 54.0. The van der Waals surface area contributed by atoms with Crippen LogP contribution in [0, 0.1) is 41.5 Å². The second-order valence-corrected chi connectivity index (χ2v) is 30.6. The van der Waals surface area contributed by atoms with Gasteiger partial charge in [-0.05, 0) is 264 Å². The molecule has 0 spiro atoms. The molecule has 4 aliphatic heterocycles. The quantitative estimate of drug-likeness (QED) is 0.0360. The summed E-state index contributed by atoms with van der Waals surface area (Å²) >= 11 is 0. The smallest absolute Gasteiger partial charge is 0.125 e. The number of piperidine rings is 4. The van der Waals surface area contributed by atoms with Gasteiger partial charge in [0.05, 0.1) is 96.6 Å². The lowest BCUT2D eigenvalue weighted by Crippen LogP contribution is -2.30. The SMILES string of the molecule is C=CCc1ccccc1OCCn1c(CN2CCCCC2)nc2ccccc21.Cc1cc(C)cc(OCCn2c(CN3CCCCC3)nc3ccccc32)c1.Cc1cccc(C)c1OCCCn1c(CN2CCCCC2)nc2ccccc21.Cc1cccc(C)c1OCCn1c(CN2CCCCC2)nc2ccccc21. The number of hydrogen-bond acceptors (Lipinski definition) is 12. The Balaban J connectivity index is 0.000000129. The van der Waals surface area contributed by atoms with Gasteiger partial charge in [-0.1, -0.05) is 141 Å². The molecule has 0 saturated carbocycles. The van der Waals surface area contributed by atoms with Crippen LogP contribution in [0.25, 0.3) is 44.1 Å². The maximum atomic E-state index is 6.17. The van der Waals surface area contributed by atoms with E-state index in [1.54, 1.807) is 0 Å². The number of imidazole rings is 4. The molecule has 4 aromatic heterocycles. The summed E-state index contributed by atoms with van der Waals surface area (Å²) < 4.78 is 33.9. The molecule has 4 aliphatic rings. The van der Waals surface area contributed by atoms with Crippen molar-refractivity contribution in [1.29, 1.82) is 0 Å². The molecule has 16 heteroatoms. The van der Waals surface area contributed by atoms with E-state index < -0.39 is 0 Å². The van der Waals surface area contributed by atoms with Crippen LogP contribution < -0.4 is 18.9 Å². The molecule has 4 fully saturated rings. The summed E-state index contributed by atoms with van der Waals surface area (Å²) in [4.78, 5) is 29.9. The normalized spacial score (nSPS) is 15.2. The molecular formula is C94H118N12O4. The highest BCUT2D eigenvalue weighted by Gasteiger charge is 2.22. The Morgan fingerprint density at radius 2 is 0.645 bits per heavy atom. The number of likely N-dealkylation sites (tertiary alicyclic amines) is 4. The monoisotopic (exact) mass is 1480 g/mol. The molecule has 578 valence electrons. The molecule has 16 nitrogen and oxygen atoms in total. The highest BCUT2D eigenvalue weighted by Crippen LogP contribution is 2.29. The van der Waals surface area contributed by atoms with Crippen LogP contribution in [0.4, 0.5) is 0 Å². The van der Waals surface area contributed by atoms with Gasteiger partial charge in [-0.3, -0.25) is 19.6 Å². The summed E-state index contributed by atoms with van der Waals surface area (Å²) in [7, 11) is 0. The summed E-state index contributed by atoms with van der Waals surface area (Å²) in [6.45, 7) is 35.7. The number of ether oxygens (including phenoxy) is 4. The summed E-state index contributed by atoms with van der Waals surface area (Å²) in [5.74, 6) is 8.59. The van der Waals surface area contributed by atoms with Crippen molar-refractivity contribution in [3.8, 4) is 23.0 Å². The second kappa shape index (κ2) is 39.9. The Bertz CT molecular complexity index is 4830. The third-order valence-corrected chi connectivity index (χ3v) is 22.0. The van der Waals surface area contributed by atoms with E-state index in [1.807, 2.05) is 24.3 Å². The Kier molecular flexibility index (Phi) is 28.5. The molecule has 0 amide bonds. The van der Waals surface area contributed by atoms with Gasteiger partial charge < -0.3 is 37.2 Å². The Hall–Kier alpha value is -9.58. The highest BCUT2D eigenvalue weighted by molar-refractivity contribution is 5.78. The summed E-state index contributed by atoms with van der Waals surface area (Å²) in [6.07, 6.45) is 19.6. The maximum absolute atomic E-state index is 6.17. The summed E-state index contributed by atoms with van der Waals surface area (Å²) in [6, 6.07) is 61.0. The number of aromatic nitrogens is 8. The van der Waals surface area contributed by atoms with Crippen LogP contribution in [0.5, 0.6) is 23.0 Å².